The van der Waals surface area contributed by atoms with Crippen LogP contribution in [0.5, 0.6) is 17.2 Å². The first-order valence-corrected chi connectivity index (χ1v) is 25.5. The van der Waals surface area contributed by atoms with Gasteiger partial charge in [-0.1, -0.05) is 44.7 Å². The molecule has 0 bridgehead atoms. The molecule has 4 fully saturated rings. The molecule has 2 aromatic heterocycles. The van der Waals surface area contributed by atoms with Crippen molar-refractivity contribution in [3.05, 3.63) is 107 Å². The Morgan fingerprint density at radius 3 is 2.54 bits per heavy atom. The molecular weight excluding hydrogens is 886 g/mol. The first-order chi connectivity index (χ1) is 32.6. The van der Waals surface area contributed by atoms with Gasteiger partial charge in [0.15, 0.2) is 5.75 Å². The van der Waals surface area contributed by atoms with Crippen molar-refractivity contribution in [1.82, 2.24) is 19.6 Å². The number of aromatic nitrogens is 2. The average molecular weight is 946 g/mol. The normalized spacial score (nSPS) is 24.0. The number of ether oxygens (including phenoxy) is 2. The van der Waals surface area contributed by atoms with Crippen LogP contribution in [0.15, 0.2) is 83.5 Å². The third-order valence-corrected chi connectivity index (χ3v) is 16.9. The van der Waals surface area contributed by atoms with Crippen molar-refractivity contribution in [3.8, 4) is 17.2 Å². The molecule has 0 radical (unpaired) electrons. The van der Waals surface area contributed by atoms with Gasteiger partial charge < -0.3 is 29.8 Å². The fourth-order valence-corrected chi connectivity index (χ4v) is 12.7. The number of sulfonamides is 1. The summed E-state index contributed by atoms with van der Waals surface area (Å²) in [6.07, 6.45) is 12.2. The van der Waals surface area contributed by atoms with Gasteiger partial charge in [-0.25, -0.2) is 22.5 Å². The predicted molar refractivity (Wildman–Crippen MR) is 261 cm³/mol. The van der Waals surface area contributed by atoms with Crippen molar-refractivity contribution in [2.45, 2.75) is 120 Å². The third-order valence-electron chi connectivity index (χ3n) is 15.6. The maximum atomic E-state index is 14.9. The fraction of sp³-hybridized carbons (Fsp3) is 0.462. The molecule has 2 atom stereocenters. The molecule has 358 valence electrons. The minimum Gasteiger partial charge on any atom is -0.489 e. The molecule has 3 aromatic carbocycles. The van der Waals surface area contributed by atoms with E-state index in [0.717, 1.165) is 57.1 Å². The van der Waals surface area contributed by atoms with Gasteiger partial charge in [-0.3, -0.25) is 9.69 Å². The van der Waals surface area contributed by atoms with Gasteiger partial charge in [0.1, 0.15) is 46.6 Å². The number of H-pyrrole nitrogens is 1. The topological polar surface area (TPSA) is 179 Å². The van der Waals surface area contributed by atoms with E-state index in [1.165, 1.54) is 67.3 Å². The van der Waals surface area contributed by atoms with E-state index in [-0.39, 0.29) is 79.8 Å². The molecule has 14 nitrogen and oxygen atoms in total. The van der Waals surface area contributed by atoms with Gasteiger partial charge in [-0.15, -0.1) is 4.91 Å². The zero-order chi connectivity index (χ0) is 47.5. The number of likely N-dealkylation sites (tertiary alicyclic amines) is 1. The van der Waals surface area contributed by atoms with Gasteiger partial charge >= 0.3 is 0 Å². The molecule has 1 amide bonds. The maximum absolute atomic E-state index is 14.9. The zero-order valence-corrected chi connectivity index (χ0v) is 39.7. The van der Waals surface area contributed by atoms with Crippen molar-refractivity contribution in [3.63, 3.8) is 0 Å². The Kier molecular flexibility index (Phi) is 12.1. The van der Waals surface area contributed by atoms with Crippen molar-refractivity contribution >= 4 is 50.1 Å². The monoisotopic (exact) mass is 945 g/mol. The fourth-order valence-electron chi connectivity index (χ4n) is 11.7. The number of nitroso groups, excluding NO2 is 1. The van der Waals surface area contributed by atoms with Gasteiger partial charge in [0.05, 0.1) is 27.5 Å². The van der Waals surface area contributed by atoms with Crippen molar-refractivity contribution in [1.29, 1.82) is 0 Å². The number of fused-ring (bicyclic) bond motifs is 2. The molecular formula is C52H60FN7O7S. The predicted octanol–water partition coefficient (Wildman–Crippen LogP) is 10.5. The molecule has 68 heavy (non-hydrogen) atoms. The number of aliphatic hydroxyl groups is 1. The number of piperidine rings is 1. The average Bonchev–Trinajstić information content (AvgIpc) is 3.96. The summed E-state index contributed by atoms with van der Waals surface area (Å²) in [7, 11) is -4.61. The van der Waals surface area contributed by atoms with Crippen LogP contribution in [-0.2, 0) is 10.0 Å². The van der Waals surface area contributed by atoms with E-state index in [0.29, 0.717) is 30.8 Å². The maximum Gasteiger partial charge on any atom is 0.268 e. The van der Waals surface area contributed by atoms with E-state index < -0.39 is 27.3 Å². The Morgan fingerprint density at radius 1 is 1.04 bits per heavy atom. The van der Waals surface area contributed by atoms with Crippen molar-refractivity contribution < 1.29 is 32.2 Å². The second kappa shape index (κ2) is 17.9. The first kappa shape index (κ1) is 45.9. The Labute approximate surface area is 396 Å². The minimum absolute atomic E-state index is 0.0321. The van der Waals surface area contributed by atoms with E-state index in [1.54, 1.807) is 12.1 Å². The van der Waals surface area contributed by atoms with E-state index in [9.17, 15) is 27.6 Å². The van der Waals surface area contributed by atoms with Crippen LogP contribution in [0.3, 0.4) is 0 Å². The lowest BCUT2D eigenvalue weighted by atomic mass is 9.59. The highest BCUT2D eigenvalue weighted by Gasteiger charge is 2.50. The van der Waals surface area contributed by atoms with Crippen LogP contribution in [0.4, 0.5) is 21.5 Å². The standard InChI is InChI=1S/C52H60FN7O7S/c1-5-41-46(26-39-40(53)29-54-49(39)56-41)67-45-23-33(59-21-18-52(19-22-59)27-34(28-52)60-20-8-11-44(60)37-10-7-6-9-36(37)31(2)3)12-13-38(45)50(61)58-68(64,65)35-24-42(57-63)48-47(25-35)66-30-43(55-48)32-14-16-51(4,62)17-15-32/h5-7,9-10,12-13,23-26,29,31-32,34,43-44,55,62H,1,8,11,14-22,27-28,30H2,2-4H3,(H,54,56)(H,58,61)/t32?,43-,44+,51?/m1/s1. The van der Waals surface area contributed by atoms with Crippen LogP contribution >= 0.6 is 0 Å². The quantitative estimate of drug-likeness (QED) is 0.0875. The SMILES string of the molecule is C=Cc1nc2[nH]cc(F)c2cc1Oc1cc(N2CCC3(CC2)CC(N2CCC[C@H]2c2ccccc2C(C)C)C3)ccc1C(=O)NS(=O)(=O)c1cc(N=O)c2c(c1)OC[C@H](C1CCC(C)(O)CC1)N2. The van der Waals surface area contributed by atoms with Crippen LogP contribution in [0.25, 0.3) is 17.1 Å². The van der Waals surface area contributed by atoms with Crippen LogP contribution in [0, 0.1) is 22.1 Å². The number of nitrogens with one attached hydrogen (secondary N) is 3. The van der Waals surface area contributed by atoms with E-state index >= 15 is 0 Å². The van der Waals surface area contributed by atoms with E-state index in [4.69, 9.17) is 9.47 Å². The Balaban J connectivity index is 0.876. The molecule has 1 spiro atoms. The number of carbonyl (C=O) groups is 1. The number of aromatic amines is 1. The number of benzene rings is 3. The molecule has 2 aliphatic carbocycles. The number of nitrogens with zero attached hydrogens (tertiary/aromatic N) is 4. The molecule has 5 aromatic rings. The summed E-state index contributed by atoms with van der Waals surface area (Å²) < 4.78 is 57.5. The molecule has 4 N–H and O–H groups in total. The van der Waals surface area contributed by atoms with Crippen molar-refractivity contribution in [2.75, 3.05) is 36.5 Å². The number of halogens is 1. The largest absolute Gasteiger partial charge is 0.489 e. The van der Waals surface area contributed by atoms with Crippen LogP contribution < -0.4 is 24.4 Å². The lowest BCUT2D eigenvalue weighted by molar-refractivity contribution is -0.0227. The number of amides is 1. The Bertz CT molecular complexity index is 2880. The van der Waals surface area contributed by atoms with E-state index in [1.807, 2.05) is 6.92 Å². The molecule has 5 heterocycles. The molecule has 2 saturated heterocycles. The molecule has 2 saturated carbocycles. The second-order valence-electron chi connectivity index (χ2n) is 20.4. The lowest BCUT2D eigenvalue weighted by Crippen LogP contribution is -2.54. The highest BCUT2D eigenvalue weighted by molar-refractivity contribution is 7.90. The third kappa shape index (κ3) is 8.75. The number of anilines is 2. The zero-order valence-electron chi connectivity index (χ0n) is 38.9. The molecule has 16 heteroatoms. The summed E-state index contributed by atoms with van der Waals surface area (Å²) in [6.45, 7) is 13.2. The van der Waals surface area contributed by atoms with E-state index in [2.05, 4.69) is 79.7 Å². The summed E-state index contributed by atoms with van der Waals surface area (Å²) >= 11 is 0. The number of pyridine rings is 1. The first-order valence-electron chi connectivity index (χ1n) is 24.0. The lowest BCUT2D eigenvalue weighted by Gasteiger charge is -2.56. The Hall–Kier alpha value is -5.84. The highest BCUT2D eigenvalue weighted by atomic mass is 32.2. The number of rotatable bonds is 12. The highest BCUT2D eigenvalue weighted by Crippen LogP contribution is 2.54. The molecule has 10 rings (SSSR count). The summed E-state index contributed by atoms with van der Waals surface area (Å²) in [6, 6.07) is 18.7. The van der Waals surface area contributed by atoms with Crippen LogP contribution in [0.2, 0.25) is 0 Å². The molecule has 0 unspecified atom stereocenters. The second-order valence-corrected chi connectivity index (χ2v) is 22.0. The molecule has 5 aliphatic rings. The van der Waals surface area contributed by atoms with Gasteiger partial charge in [0, 0.05) is 49.2 Å². The van der Waals surface area contributed by atoms with Gasteiger partial charge in [-0.05, 0) is 142 Å². The van der Waals surface area contributed by atoms with Gasteiger partial charge in [-0.2, -0.15) is 0 Å². The number of hydrogen-bond donors (Lipinski definition) is 4. The number of hydrogen-bond acceptors (Lipinski definition) is 12. The Morgan fingerprint density at radius 2 is 1.81 bits per heavy atom. The summed E-state index contributed by atoms with van der Waals surface area (Å²) in [4.78, 5) is 38.3. The number of carbonyl (C=O) groups excluding carboxylic acids is 1. The summed E-state index contributed by atoms with van der Waals surface area (Å²) in [5.74, 6) is -0.618. The molecule has 3 aliphatic heterocycles. The minimum atomic E-state index is -4.61. The van der Waals surface area contributed by atoms with Gasteiger partial charge in [0.2, 0.25) is 0 Å². The summed E-state index contributed by atoms with van der Waals surface area (Å²) in [5, 5.41) is 17.1. The van der Waals surface area contributed by atoms with Gasteiger partial charge in [0.25, 0.3) is 15.9 Å². The van der Waals surface area contributed by atoms with Crippen molar-refractivity contribution in [2.24, 2.45) is 16.5 Å². The van der Waals surface area contributed by atoms with Crippen LogP contribution in [0.1, 0.15) is 124 Å². The summed E-state index contributed by atoms with van der Waals surface area (Å²) in [5.41, 5.74) is 3.82. The smallest absolute Gasteiger partial charge is 0.268 e. The van der Waals surface area contributed by atoms with Crippen LogP contribution in [-0.4, -0.2) is 78.2 Å².